The van der Waals surface area contributed by atoms with Crippen molar-refractivity contribution in [2.45, 2.75) is 20.8 Å². The molecule has 27 heavy (non-hydrogen) atoms. The normalized spacial score (nSPS) is 15.7. The first-order valence-corrected chi connectivity index (χ1v) is 8.88. The average molecular weight is 370 g/mol. The molecule has 0 unspecified atom stereocenters. The fraction of sp³-hybridized carbons (Fsp3) is 0.316. The van der Waals surface area contributed by atoms with Crippen molar-refractivity contribution < 1.29 is 19.1 Å². The SMILES string of the molecule is CCOC(=O)C1=C(NN(CC)CC)OC(=Cc2c[nH]c3ncccc23)C1=O. The number of hydrazine groups is 1. The van der Waals surface area contributed by atoms with Gasteiger partial charge in [-0.2, -0.15) is 0 Å². The van der Waals surface area contributed by atoms with Gasteiger partial charge >= 0.3 is 5.97 Å². The Hall–Kier alpha value is -3.13. The van der Waals surface area contributed by atoms with Gasteiger partial charge in [0, 0.05) is 36.4 Å². The summed E-state index contributed by atoms with van der Waals surface area (Å²) in [4.78, 5) is 32.4. The van der Waals surface area contributed by atoms with Crippen LogP contribution in [0.25, 0.3) is 17.1 Å². The Kier molecular flexibility index (Phi) is 5.56. The Morgan fingerprint density at radius 3 is 2.85 bits per heavy atom. The zero-order chi connectivity index (χ0) is 19.4. The van der Waals surface area contributed by atoms with E-state index in [1.54, 1.807) is 25.4 Å². The number of allylic oxidation sites excluding steroid dienone is 1. The minimum Gasteiger partial charge on any atom is -0.462 e. The molecule has 0 atom stereocenters. The number of H-pyrrole nitrogens is 1. The van der Waals surface area contributed by atoms with Crippen LogP contribution in [0.4, 0.5) is 0 Å². The quantitative estimate of drug-likeness (QED) is 0.333. The lowest BCUT2D eigenvalue weighted by Crippen LogP contribution is -2.38. The fourth-order valence-corrected chi connectivity index (χ4v) is 2.76. The van der Waals surface area contributed by atoms with Crippen molar-refractivity contribution in [1.29, 1.82) is 0 Å². The summed E-state index contributed by atoms with van der Waals surface area (Å²) in [7, 11) is 0. The van der Waals surface area contributed by atoms with Crippen LogP contribution in [0.1, 0.15) is 26.3 Å². The summed E-state index contributed by atoms with van der Waals surface area (Å²) in [6.07, 6.45) is 5.01. The second-order valence-corrected chi connectivity index (χ2v) is 5.79. The van der Waals surface area contributed by atoms with Gasteiger partial charge in [0.2, 0.25) is 11.7 Å². The summed E-state index contributed by atoms with van der Waals surface area (Å²) in [5, 5.41) is 2.67. The van der Waals surface area contributed by atoms with Crippen molar-refractivity contribution >= 4 is 28.9 Å². The molecule has 0 amide bonds. The molecule has 3 heterocycles. The van der Waals surface area contributed by atoms with E-state index in [1.807, 2.05) is 31.0 Å². The lowest BCUT2D eigenvalue weighted by atomic mass is 10.1. The van der Waals surface area contributed by atoms with Crippen LogP contribution in [-0.2, 0) is 19.1 Å². The fourth-order valence-electron chi connectivity index (χ4n) is 2.76. The Morgan fingerprint density at radius 2 is 2.15 bits per heavy atom. The number of hydrogen-bond acceptors (Lipinski definition) is 7. The number of ether oxygens (including phenoxy) is 2. The van der Waals surface area contributed by atoms with Crippen molar-refractivity contribution in [3.05, 3.63) is 47.3 Å². The number of rotatable bonds is 7. The molecule has 8 nitrogen and oxygen atoms in total. The van der Waals surface area contributed by atoms with Crippen LogP contribution < -0.4 is 5.43 Å². The first-order valence-electron chi connectivity index (χ1n) is 8.88. The van der Waals surface area contributed by atoms with Gasteiger partial charge in [0.1, 0.15) is 5.65 Å². The number of ketones is 1. The molecular weight excluding hydrogens is 348 g/mol. The molecule has 0 radical (unpaired) electrons. The minimum atomic E-state index is -0.707. The number of carbonyl (C=O) groups is 2. The van der Waals surface area contributed by atoms with Crippen LogP contribution in [0.3, 0.4) is 0 Å². The van der Waals surface area contributed by atoms with E-state index < -0.39 is 11.8 Å². The van der Waals surface area contributed by atoms with E-state index in [9.17, 15) is 9.59 Å². The highest BCUT2D eigenvalue weighted by molar-refractivity contribution is 6.26. The van der Waals surface area contributed by atoms with E-state index in [0.717, 1.165) is 10.9 Å². The van der Waals surface area contributed by atoms with Gasteiger partial charge in [-0.3, -0.25) is 10.2 Å². The first-order chi connectivity index (χ1) is 13.1. The van der Waals surface area contributed by atoms with E-state index in [1.165, 1.54) is 0 Å². The molecule has 0 bridgehead atoms. The maximum absolute atomic E-state index is 12.8. The maximum atomic E-state index is 12.8. The van der Waals surface area contributed by atoms with Crippen LogP contribution >= 0.6 is 0 Å². The second-order valence-electron chi connectivity index (χ2n) is 5.79. The third-order valence-corrected chi connectivity index (χ3v) is 4.16. The van der Waals surface area contributed by atoms with E-state index in [4.69, 9.17) is 9.47 Å². The number of aromatic amines is 1. The van der Waals surface area contributed by atoms with Crippen LogP contribution in [0.2, 0.25) is 0 Å². The summed E-state index contributed by atoms with van der Waals surface area (Å²) < 4.78 is 10.7. The van der Waals surface area contributed by atoms with Gasteiger partial charge in [-0.15, -0.1) is 0 Å². The van der Waals surface area contributed by atoms with Gasteiger partial charge < -0.3 is 14.5 Å². The molecule has 2 aromatic rings. The van der Waals surface area contributed by atoms with Crippen molar-refractivity contribution in [3.8, 4) is 0 Å². The molecule has 0 aliphatic carbocycles. The molecule has 142 valence electrons. The number of aromatic nitrogens is 2. The van der Waals surface area contributed by atoms with Crippen LogP contribution in [0.15, 0.2) is 41.7 Å². The molecule has 0 saturated carbocycles. The van der Waals surface area contributed by atoms with Crippen molar-refractivity contribution in [2.75, 3.05) is 19.7 Å². The highest BCUT2D eigenvalue weighted by Gasteiger charge is 2.37. The van der Waals surface area contributed by atoms with E-state index in [0.29, 0.717) is 18.7 Å². The summed E-state index contributed by atoms with van der Waals surface area (Å²) in [6, 6.07) is 3.70. The highest BCUT2D eigenvalue weighted by Crippen LogP contribution is 2.28. The van der Waals surface area contributed by atoms with Gasteiger partial charge in [-0.1, -0.05) is 13.8 Å². The topological polar surface area (TPSA) is 96.6 Å². The summed E-state index contributed by atoms with van der Waals surface area (Å²) in [5.41, 5.74) is 4.31. The minimum absolute atomic E-state index is 0.0532. The van der Waals surface area contributed by atoms with Crippen molar-refractivity contribution in [2.24, 2.45) is 0 Å². The lowest BCUT2D eigenvalue weighted by molar-refractivity contribution is -0.139. The predicted molar refractivity (Wildman–Crippen MR) is 99.9 cm³/mol. The van der Waals surface area contributed by atoms with Gasteiger partial charge in [-0.25, -0.2) is 14.8 Å². The number of Topliss-reactive ketones (excluding diaryl/α,β-unsaturated/α-hetero) is 1. The number of pyridine rings is 1. The monoisotopic (exact) mass is 370 g/mol. The summed E-state index contributed by atoms with van der Waals surface area (Å²) in [5.74, 6) is -1.08. The predicted octanol–water partition coefficient (Wildman–Crippen LogP) is 2.12. The first kappa shape index (κ1) is 18.7. The molecule has 8 heteroatoms. The summed E-state index contributed by atoms with van der Waals surface area (Å²) >= 11 is 0. The number of esters is 1. The Morgan fingerprint density at radius 1 is 1.37 bits per heavy atom. The molecule has 0 aromatic carbocycles. The third-order valence-electron chi connectivity index (χ3n) is 4.16. The maximum Gasteiger partial charge on any atom is 0.347 e. The van der Waals surface area contributed by atoms with Crippen LogP contribution in [0, 0.1) is 0 Å². The number of nitrogens with zero attached hydrogens (tertiary/aromatic N) is 2. The molecular formula is C19H22N4O4. The molecule has 2 aromatic heterocycles. The molecule has 3 rings (SSSR count). The summed E-state index contributed by atoms with van der Waals surface area (Å²) in [6.45, 7) is 7.09. The number of carbonyl (C=O) groups excluding carboxylic acids is 2. The Bertz CT molecular complexity index is 925. The smallest absolute Gasteiger partial charge is 0.347 e. The number of fused-ring (bicyclic) bond motifs is 1. The zero-order valence-electron chi connectivity index (χ0n) is 15.5. The standard InChI is InChI=1S/C19H22N4O4/c1-4-23(5-2)22-18-15(19(25)26-6-3)16(24)14(27-18)10-12-11-21-17-13(12)8-7-9-20-17/h7-11,22H,4-6H2,1-3H3,(H,20,21). The van der Waals surface area contributed by atoms with Crippen molar-refractivity contribution in [1.82, 2.24) is 20.4 Å². The van der Waals surface area contributed by atoms with Gasteiger partial charge in [-0.05, 0) is 25.1 Å². The van der Waals surface area contributed by atoms with Crippen molar-refractivity contribution in [3.63, 3.8) is 0 Å². The van der Waals surface area contributed by atoms with E-state index in [-0.39, 0.29) is 23.8 Å². The van der Waals surface area contributed by atoms with Gasteiger partial charge in [0.15, 0.2) is 11.3 Å². The number of nitrogens with one attached hydrogen (secondary N) is 2. The van der Waals surface area contributed by atoms with Crippen LogP contribution in [0.5, 0.6) is 0 Å². The van der Waals surface area contributed by atoms with E-state index >= 15 is 0 Å². The highest BCUT2D eigenvalue weighted by atomic mass is 16.5. The second kappa shape index (κ2) is 8.05. The zero-order valence-corrected chi connectivity index (χ0v) is 15.5. The van der Waals surface area contributed by atoms with Gasteiger partial charge in [0.05, 0.1) is 6.61 Å². The molecule has 1 aliphatic heterocycles. The Labute approximate surface area is 156 Å². The van der Waals surface area contributed by atoms with E-state index in [2.05, 4.69) is 15.4 Å². The molecule has 1 aliphatic rings. The number of hydrogen-bond donors (Lipinski definition) is 2. The Balaban J connectivity index is 1.96. The third kappa shape index (κ3) is 3.70. The molecule has 0 spiro atoms. The van der Waals surface area contributed by atoms with Crippen LogP contribution in [-0.4, -0.2) is 46.4 Å². The average Bonchev–Trinajstić information content (AvgIpc) is 3.21. The molecule has 2 N–H and O–H groups in total. The lowest BCUT2D eigenvalue weighted by Gasteiger charge is -2.21. The molecule has 0 saturated heterocycles. The van der Waals surface area contributed by atoms with Gasteiger partial charge in [0.25, 0.3) is 0 Å². The largest absolute Gasteiger partial charge is 0.462 e. The molecule has 0 fully saturated rings.